The fourth-order valence-electron chi connectivity index (χ4n) is 3.54. The zero-order valence-electron chi connectivity index (χ0n) is 31.6. The molecule has 0 spiro atoms. The van der Waals surface area contributed by atoms with E-state index >= 15 is 0 Å². The third-order valence-corrected chi connectivity index (χ3v) is 5.45. The van der Waals surface area contributed by atoms with E-state index in [4.69, 9.17) is 0 Å². The van der Waals surface area contributed by atoms with E-state index in [2.05, 4.69) is 56.8 Å². The molecule has 0 atom stereocenters. The molecule has 0 heterocycles. The Balaban J connectivity index is 4.47. The number of alkyl halides is 18. The van der Waals surface area contributed by atoms with E-state index in [0.29, 0.717) is 0 Å². The van der Waals surface area contributed by atoms with Gasteiger partial charge in [-0.25, -0.2) is 28.8 Å². The third-order valence-electron chi connectivity index (χ3n) is 5.45. The lowest BCUT2D eigenvalue weighted by atomic mass is 10.2. The van der Waals surface area contributed by atoms with E-state index in [1.807, 2.05) is 0 Å². The summed E-state index contributed by atoms with van der Waals surface area (Å²) in [6.45, 7) is -25.8. The molecule has 0 unspecified atom stereocenters. The van der Waals surface area contributed by atoms with Gasteiger partial charge in [-0.15, -0.1) is 0 Å². The molecule has 1 aromatic rings. The zero-order chi connectivity index (χ0) is 50.9. The second-order valence-electron chi connectivity index (χ2n) is 11.5. The average Bonchev–Trinajstić information content (AvgIpc) is 3.09. The predicted molar refractivity (Wildman–Crippen MR) is 161 cm³/mol. The summed E-state index contributed by atoms with van der Waals surface area (Å²) < 4.78 is 281. The van der Waals surface area contributed by atoms with Crippen molar-refractivity contribution in [2.75, 3.05) is 79.3 Å². The first-order chi connectivity index (χ1) is 29.9. The Hall–Kier alpha value is -5.46. The number of benzene rings is 1. The maximum absolute atomic E-state index is 12.8. The van der Waals surface area contributed by atoms with E-state index in [1.165, 1.54) is 0 Å². The lowest BCUT2D eigenvalue weighted by molar-refractivity contribution is -0.181. The van der Waals surface area contributed by atoms with Crippen LogP contribution >= 0.6 is 0 Å². The highest BCUT2D eigenvalue weighted by atomic mass is 19.4. The number of carbonyl (C=O) groups excluding carboxylic acids is 6. The van der Waals surface area contributed by atoms with E-state index in [9.17, 15) is 108 Å². The number of ether oxygens (including phenoxy) is 12. The molecule has 0 aliphatic heterocycles. The van der Waals surface area contributed by atoms with Crippen molar-refractivity contribution in [3.63, 3.8) is 0 Å². The monoisotopic (exact) mass is 1010 g/mol. The molecular formula is C30H24F18O18. The van der Waals surface area contributed by atoms with Crippen LogP contribution in [0.3, 0.4) is 0 Å². The Labute approximate surface area is 352 Å². The third kappa shape index (κ3) is 27.1. The highest BCUT2D eigenvalue weighted by Crippen LogP contribution is 2.58. The lowest BCUT2D eigenvalue weighted by Crippen LogP contribution is -2.28. The Kier molecular flexibility index (Phi) is 22.1. The van der Waals surface area contributed by atoms with Crippen molar-refractivity contribution in [2.24, 2.45) is 0 Å². The van der Waals surface area contributed by atoms with Gasteiger partial charge in [-0.05, 0) is 0 Å². The largest absolute Gasteiger partial charge is 0.416 e. The SMILES string of the molecule is O=C(COCC(F)(F)F)Oc1c(OC(=O)COCC(F)(F)F)c(OC(=O)COCC(F)(F)F)c(OC(=O)COCC(F)(F)F)c(OC(=O)COCC(F)(F)F)c1OC(=O)COCC(F)(F)F. The van der Waals surface area contributed by atoms with Crippen LogP contribution in [0.4, 0.5) is 79.0 Å². The molecule has 378 valence electrons. The minimum absolute atomic E-state index is 1.97. The van der Waals surface area contributed by atoms with E-state index in [0.717, 1.165) is 0 Å². The topological polar surface area (TPSA) is 213 Å². The van der Waals surface area contributed by atoms with Gasteiger partial charge < -0.3 is 56.8 Å². The highest BCUT2D eigenvalue weighted by Gasteiger charge is 2.40. The number of halogens is 18. The van der Waals surface area contributed by atoms with E-state index < -0.39 is 187 Å². The van der Waals surface area contributed by atoms with Crippen LogP contribution in [0.2, 0.25) is 0 Å². The van der Waals surface area contributed by atoms with Crippen molar-refractivity contribution in [2.45, 2.75) is 37.1 Å². The Morgan fingerprint density at radius 3 is 0.439 bits per heavy atom. The van der Waals surface area contributed by atoms with Crippen molar-refractivity contribution in [3.8, 4) is 34.5 Å². The van der Waals surface area contributed by atoms with Crippen molar-refractivity contribution < 1.29 is 165 Å². The number of esters is 6. The van der Waals surface area contributed by atoms with Crippen LogP contribution in [0.5, 0.6) is 34.5 Å². The second-order valence-corrected chi connectivity index (χ2v) is 11.5. The summed E-state index contributed by atoms with van der Waals surface area (Å²) in [5.74, 6) is -26.7. The first-order valence-electron chi connectivity index (χ1n) is 16.3. The van der Waals surface area contributed by atoms with Gasteiger partial charge in [0.15, 0.2) is 0 Å². The number of hydrogen-bond donors (Lipinski definition) is 0. The van der Waals surface area contributed by atoms with Gasteiger partial charge in [0, 0.05) is 0 Å². The van der Waals surface area contributed by atoms with Crippen LogP contribution < -0.4 is 28.4 Å². The first-order valence-corrected chi connectivity index (χ1v) is 16.3. The van der Waals surface area contributed by atoms with Gasteiger partial charge in [0.1, 0.15) is 79.3 Å². The summed E-state index contributed by atoms with van der Waals surface area (Å²) in [5.41, 5.74) is 0. The molecule has 18 nitrogen and oxygen atoms in total. The molecule has 0 fully saturated rings. The average molecular weight is 1010 g/mol. The van der Waals surface area contributed by atoms with Crippen LogP contribution in [0.1, 0.15) is 0 Å². The maximum Gasteiger partial charge on any atom is 0.411 e. The molecular weight excluding hydrogens is 990 g/mol. The number of carbonyl (C=O) groups is 6. The van der Waals surface area contributed by atoms with Crippen LogP contribution in [-0.2, 0) is 57.2 Å². The highest BCUT2D eigenvalue weighted by molar-refractivity contribution is 5.91. The molecule has 0 saturated carbocycles. The quantitative estimate of drug-likeness (QED) is 0.0787. The first kappa shape index (κ1) is 58.6. The van der Waals surface area contributed by atoms with Crippen molar-refractivity contribution in [3.05, 3.63) is 0 Å². The van der Waals surface area contributed by atoms with Crippen molar-refractivity contribution >= 4 is 35.8 Å². The van der Waals surface area contributed by atoms with E-state index in [-0.39, 0.29) is 0 Å². The maximum atomic E-state index is 12.8. The molecule has 0 radical (unpaired) electrons. The van der Waals surface area contributed by atoms with Gasteiger partial charge in [-0.3, -0.25) is 0 Å². The Bertz CT molecular complexity index is 1470. The number of rotatable bonds is 24. The molecule has 0 bridgehead atoms. The summed E-state index contributed by atoms with van der Waals surface area (Å²) in [6, 6.07) is 0. The number of hydrogen-bond acceptors (Lipinski definition) is 18. The molecule has 0 aromatic heterocycles. The Morgan fingerprint density at radius 2 is 0.348 bits per heavy atom. The van der Waals surface area contributed by atoms with Gasteiger partial charge >= 0.3 is 72.9 Å². The minimum atomic E-state index is -5.26. The van der Waals surface area contributed by atoms with Gasteiger partial charge in [0.25, 0.3) is 0 Å². The molecule has 1 aromatic carbocycles. The smallest absolute Gasteiger partial charge is 0.411 e. The van der Waals surface area contributed by atoms with Crippen LogP contribution in [0, 0.1) is 0 Å². The van der Waals surface area contributed by atoms with Crippen LogP contribution in [0.25, 0.3) is 0 Å². The lowest BCUT2D eigenvalue weighted by Gasteiger charge is -2.23. The molecule has 0 N–H and O–H groups in total. The Morgan fingerprint density at radius 1 is 0.242 bits per heavy atom. The summed E-state index contributed by atoms with van der Waals surface area (Å²) in [4.78, 5) is 76.7. The van der Waals surface area contributed by atoms with Gasteiger partial charge in [-0.1, -0.05) is 0 Å². The van der Waals surface area contributed by atoms with Crippen LogP contribution in [-0.4, -0.2) is 152 Å². The summed E-state index contributed by atoms with van der Waals surface area (Å²) in [6.07, 6.45) is -31.5. The molecule has 0 aliphatic carbocycles. The summed E-state index contributed by atoms with van der Waals surface area (Å²) >= 11 is 0. The zero-order valence-corrected chi connectivity index (χ0v) is 31.6. The van der Waals surface area contributed by atoms with Gasteiger partial charge in [-0.2, -0.15) is 79.0 Å². The standard InChI is InChI=1S/C30H24F18O18/c31-25(32,33)7-55-1-13(49)61-19-20(62-14(50)2-56-8-26(34,35)36)22(64-16(52)4-58-10-28(40,41)42)24(66-18(54)6-60-12-30(46,47)48)23(65-17(53)5-59-11-29(43,44)45)21(19)63-15(51)3-57-9-27(37,38)39/h1-12H2. The molecule has 66 heavy (non-hydrogen) atoms. The van der Waals surface area contributed by atoms with E-state index in [1.54, 1.807) is 0 Å². The summed E-state index contributed by atoms with van der Waals surface area (Å²) in [5, 5.41) is 0. The van der Waals surface area contributed by atoms with Gasteiger partial charge in [0.05, 0.1) is 0 Å². The molecule has 0 amide bonds. The molecule has 0 aliphatic rings. The molecule has 36 heteroatoms. The predicted octanol–water partition coefficient (Wildman–Crippen LogP) is 4.59. The fourth-order valence-corrected chi connectivity index (χ4v) is 3.54. The fraction of sp³-hybridized carbons (Fsp3) is 0.600. The normalized spacial score (nSPS) is 12.6. The second kappa shape index (κ2) is 24.9. The van der Waals surface area contributed by atoms with Crippen LogP contribution in [0.15, 0.2) is 0 Å². The van der Waals surface area contributed by atoms with Crippen molar-refractivity contribution in [1.29, 1.82) is 0 Å². The molecule has 0 saturated heterocycles. The molecule has 1 rings (SSSR count). The minimum Gasteiger partial charge on any atom is -0.416 e. The summed E-state index contributed by atoms with van der Waals surface area (Å²) in [7, 11) is 0. The van der Waals surface area contributed by atoms with Crippen molar-refractivity contribution in [1.82, 2.24) is 0 Å². The van der Waals surface area contributed by atoms with Gasteiger partial charge in [0.2, 0.25) is 34.5 Å².